The zero-order valence-corrected chi connectivity index (χ0v) is 12.7. The van der Waals surface area contributed by atoms with E-state index < -0.39 is 16.6 Å². The summed E-state index contributed by atoms with van der Waals surface area (Å²) in [4.78, 5) is 10.2. The molecule has 0 aliphatic rings. The van der Waals surface area contributed by atoms with Crippen LogP contribution in [0.4, 0.5) is 20.2 Å². The molecule has 0 amide bonds. The molecule has 0 fully saturated rings. The molecule has 0 saturated carbocycles. The minimum absolute atomic E-state index is 0.0273. The molecule has 0 heterocycles. The topological polar surface area (TPSA) is 55.2 Å². The molecule has 8 heteroatoms. The molecule has 0 atom stereocenters. The number of rotatable bonds is 4. The molecule has 2 aromatic rings. The second kappa shape index (κ2) is 6.36. The van der Waals surface area contributed by atoms with Crippen LogP contribution < -0.4 is 5.32 Å². The third kappa shape index (κ3) is 3.68. The van der Waals surface area contributed by atoms with Crippen LogP contribution in [0, 0.1) is 21.7 Å². The van der Waals surface area contributed by atoms with Crippen LogP contribution in [0.25, 0.3) is 0 Å². The number of hydrogen-bond donors (Lipinski definition) is 1. The lowest BCUT2D eigenvalue weighted by Gasteiger charge is -2.09. The van der Waals surface area contributed by atoms with Crippen molar-refractivity contribution in [3.8, 4) is 0 Å². The lowest BCUT2D eigenvalue weighted by molar-refractivity contribution is -0.384. The maximum atomic E-state index is 13.6. The fourth-order valence-corrected chi connectivity index (χ4v) is 2.19. The number of benzene rings is 2. The molecular weight excluding hydrogens is 370 g/mol. The van der Waals surface area contributed by atoms with Gasteiger partial charge in [-0.3, -0.25) is 10.1 Å². The molecule has 1 N–H and O–H groups in total. The van der Waals surface area contributed by atoms with Gasteiger partial charge in [0.15, 0.2) is 0 Å². The summed E-state index contributed by atoms with van der Waals surface area (Å²) in [5.41, 5.74) is 0.406. The standard InChI is InChI=1S/C13H8BrClF2N2O2/c14-8-4-12(11(17)5-10(8)16)18-6-7-1-2-9(15)13(3-7)19(20)21/h1-5,18H,6H2. The van der Waals surface area contributed by atoms with Gasteiger partial charge in [-0.25, -0.2) is 8.78 Å². The van der Waals surface area contributed by atoms with Crippen LogP contribution in [-0.4, -0.2) is 4.92 Å². The molecular formula is C13H8BrClF2N2O2. The van der Waals surface area contributed by atoms with Gasteiger partial charge in [0.05, 0.1) is 15.1 Å². The molecule has 4 nitrogen and oxygen atoms in total. The van der Waals surface area contributed by atoms with E-state index in [4.69, 9.17) is 11.6 Å². The molecule has 110 valence electrons. The summed E-state index contributed by atoms with van der Waals surface area (Å²) in [6, 6.07) is 6.28. The normalized spacial score (nSPS) is 10.5. The van der Waals surface area contributed by atoms with Gasteiger partial charge in [-0.1, -0.05) is 17.7 Å². The quantitative estimate of drug-likeness (QED) is 0.468. The van der Waals surface area contributed by atoms with E-state index >= 15 is 0 Å². The number of nitro benzene ring substituents is 1. The lowest BCUT2D eigenvalue weighted by atomic mass is 10.2. The van der Waals surface area contributed by atoms with E-state index in [-0.39, 0.29) is 27.4 Å². The van der Waals surface area contributed by atoms with Gasteiger partial charge >= 0.3 is 0 Å². The van der Waals surface area contributed by atoms with Gasteiger partial charge in [-0.2, -0.15) is 0 Å². The SMILES string of the molecule is O=[N+]([O-])c1cc(CNc2cc(Br)c(F)cc2F)ccc1Cl. The highest BCUT2D eigenvalue weighted by atomic mass is 79.9. The van der Waals surface area contributed by atoms with Crippen LogP contribution in [-0.2, 0) is 6.54 Å². The zero-order valence-electron chi connectivity index (χ0n) is 10.4. The molecule has 0 unspecified atom stereocenters. The van der Waals surface area contributed by atoms with Crippen LogP contribution in [0.5, 0.6) is 0 Å². The minimum atomic E-state index is -0.751. The number of hydrogen-bond acceptors (Lipinski definition) is 3. The van der Waals surface area contributed by atoms with Crippen molar-refractivity contribution in [2.75, 3.05) is 5.32 Å². The van der Waals surface area contributed by atoms with Crippen molar-refractivity contribution in [1.29, 1.82) is 0 Å². The van der Waals surface area contributed by atoms with E-state index in [1.807, 2.05) is 0 Å². The monoisotopic (exact) mass is 376 g/mol. The summed E-state index contributed by atoms with van der Waals surface area (Å²) < 4.78 is 26.8. The van der Waals surface area contributed by atoms with E-state index in [1.165, 1.54) is 18.2 Å². The third-order valence-electron chi connectivity index (χ3n) is 2.70. The highest BCUT2D eigenvalue weighted by Crippen LogP contribution is 2.27. The molecule has 2 rings (SSSR count). The summed E-state index contributed by atoms with van der Waals surface area (Å²) in [5, 5.41) is 13.6. The van der Waals surface area contributed by atoms with Crippen molar-refractivity contribution in [2.45, 2.75) is 6.54 Å². The summed E-state index contributed by atoms with van der Waals surface area (Å²) in [6.45, 7) is 0.132. The molecule has 0 aliphatic carbocycles. The molecule has 0 saturated heterocycles. The van der Waals surface area contributed by atoms with E-state index in [1.54, 1.807) is 6.07 Å². The predicted octanol–water partition coefficient (Wildman–Crippen LogP) is 4.90. The maximum Gasteiger partial charge on any atom is 0.288 e. The highest BCUT2D eigenvalue weighted by molar-refractivity contribution is 9.10. The number of nitrogens with zero attached hydrogens (tertiary/aromatic N) is 1. The van der Waals surface area contributed by atoms with Gasteiger partial charge in [0.2, 0.25) is 0 Å². The first-order chi connectivity index (χ1) is 9.88. The molecule has 0 aromatic heterocycles. The molecule has 2 aromatic carbocycles. The smallest absolute Gasteiger partial charge is 0.288 e. The Balaban J connectivity index is 2.19. The van der Waals surface area contributed by atoms with E-state index in [0.717, 1.165) is 6.07 Å². The summed E-state index contributed by atoms with van der Waals surface area (Å²) in [5.74, 6) is -1.46. The second-order valence-electron chi connectivity index (χ2n) is 4.14. The highest BCUT2D eigenvalue weighted by Gasteiger charge is 2.13. The van der Waals surface area contributed by atoms with Crippen molar-refractivity contribution in [1.82, 2.24) is 0 Å². The number of halogens is 4. The maximum absolute atomic E-state index is 13.6. The average molecular weight is 378 g/mol. The van der Waals surface area contributed by atoms with E-state index in [0.29, 0.717) is 5.56 Å². The largest absolute Gasteiger partial charge is 0.379 e. The first-order valence-corrected chi connectivity index (χ1v) is 6.87. The van der Waals surface area contributed by atoms with Gasteiger partial charge in [0, 0.05) is 18.7 Å². The molecule has 0 spiro atoms. The van der Waals surface area contributed by atoms with E-state index in [2.05, 4.69) is 21.2 Å². The first kappa shape index (κ1) is 15.7. The van der Waals surface area contributed by atoms with Gasteiger partial charge in [-0.05, 0) is 33.6 Å². The molecule has 0 radical (unpaired) electrons. The van der Waals surface area contributed by atoms with Gasteiger partial charge in [0.1, 0.15) is 16.7 Å². The van der Waals surface area contributed by atoms with E-state index in [9.17, 15) is 18.9 Å². The molecule has 21 heavy (non-hydrogen) atoms. The van der Waals surface area contributed by atoms with Crippen LogP contribution in [0.3, 0.4) is 0 Å². The minimum Gasteiger partial charge on any atom is -0.379 e. The second-order valence-corrected chi connectivity index (χ2v) is 5.40. The number of nitro groups is 1. The summed E-state index contributed by atoms with van der Waals surface area (Å²) >= 11 is 8.66. The Labute approximate surface area is 132 Å². The van der Waals surface area contributed by atoms with Crippen molar-refractivity contribution in [2.24, 2.45) is 0 Å². The Morgan fingerprint density at radius 2 is 1.95 bits per heavy atom. The van der Waals surface area contributed by atoms with Crippen LogP contribution >= 0.6 is 27.5 Å². The zero-order chi connectivity index (χ0) is 15.6. The Hall–Kier alpha value is -1.73. The van der Waals surface area contributed by atoms with Crippen molar-refractivity contribution >= 4 is 38.9 Å². The van der Waals surface area contributed by atoms with Gasteiger partial charge in [0.25, 0.3) is 5.69 Å². The Kier molecular flexibility index (Phi) is 4.74. The Morgan fingerprint density at radius 3 is 2.62 bits per heavy atom. The summed E-state index contributed by atoms with van der Waals surface area (Å²) in [7, 11) is 0. The van der Waals surface area contributed by atoms with Gasteiger partial charge in [-0.15, -0.1) is 0 Å². The van der Waals surface area contributed by atoms with Crippen molar-refractivity contribution in [3.63, 3.8) is 0 Å². The number of anilines is 1. The van der Waals surface area contributed by atoms with Gasteiger partial charge < -0.3 is 5.32 Å². The summed E-state index contributed by atoms with van der Waals surface area (Å²) in [6.07, 6.45) is 0. The van der Waals surface area contributed by atoms with Crippen molar-refractivity contribution < 1.29 is 13.7 Å². The fourth-order valence-electron chi connectivity index (χ4n) is 1.66. The van der Waals surface area contributed by atoms with Crippen LogP contribution in [0.15, 0.2) is 34.8 Å². The average Bonchev–Trinajstić information content (AvgIpc) is 2.42. The van der Waals surface area contributed by atoms with Crippen LogP contribution in [0.1, 0.15) is 5.56 Å². The van der Waals surface area contributed by atoms with Crippen LogP contribution in [0.2, 0.25) is 5.02 Å². The number of nitrogens with one attached hydrogen (secondary N) is 1. The molecule has 0 aliphatic heterocycles. The molecule has 0 bridgehead atoms. The Bertz CT molecular complexity index is 713. The first-order valence-electron chi connectivity index (χ1n) is 5.69. The lowest BCUT2D eigenvalue weighted by Crippen LogP contribution is -2.03. The Morgan fingerprint density at radius 1 is 1.24 bits per heavy atom. The third-order valence-corrected chi connectivity index (χ3v) is 3.63. The van der Waals surface area contributed by atoms with Crippen molar-refractivity contribution in [3.05, 3.63) is 67.1 Å². The predicted molar refractivity (Wildman–Crippen MR) is 79.5 cm³/mol. The fraction of sp³-hybridized carbons (Fsp3) is 0.0769.